The van der Waals surface area contributed by atoms with Crippen LogP contribution < -0.4 is 0 Å². The normalized spacial score (nSPS) is 15.5. The fourth-order valence-electron chi connectivity index (χ4n) is 3.30. The Morgan fingerprint density at radius 1 is 1.23 bits per heavy atom. The number of rotatable bonds is 5. The SMILES string of the molecule is Cc1nn(CCC(=O)N2CCN(Cc3cccc(Cl)c3)CC2)c(C)c1Br. The van der Waals surface area contributed by atoms with Crippen LogP contribution in [-0.4, -0.2) is 51.7 Å². The summed E-state index contributed by atoms with van der Waals surface area (Å²) in [6.45, 7) is 8.83. The topological polar surface area (TPSA) is 41.4 Å². The molecule has 0 aliphatic carbocycles. The van der Waals surface area contributed by atoms with E-state index in [2.05, 4.69) is 32.0 Å². The van der Waals surface area contributed by atoms with E-state index in [9.17, 15) is 4.79 Å². The molecule has 0 radical (unpaired) electrons. The molecule has 0 spiro atoms. The molecule has 140 valence electrons. The molecule has 0 atom stereocenters. The van der Waals surface area contributed by atoms with Crippen LogP contribution in [-0.2, 0) is 17.9 Å². The Bertz CT molecular complexity index is 784. The molecular formula is C19H24BrClN4O. The predicted molar refractivity (Wildman–Crippen MR) is 107 cm³/mol. The summed E-state index contributed by atoms with van der Waals surface area (Å²) in [5, 5.41) is 5.24. The number of hydrogen-bond donors (Lipinski definition) is 0. The molecule has 0 saturated carbocycles. The molecule has 2 heterocycles. The Morgan fingerprint density at radius 3 is 2.58 bits per heavy atom. The molecule has 1 fully saturated rings. The van der Waals surface area contributed by atoms with Crippen LogP contribution in [0.1, 0.15) is 23.4 Å². The van der Waals surface area contributed by atoms with Gasteiger partial charge in [0.05, 0.1) is 16.7 Å². The van der Waals surface area contributed by atoms with Crippen molar-refractivity contribution >= 4 is 33.4 Å². The van der Waals surface area contributed by atoms with Gasteiger partial charge in [0.2, 0.25) is 5.91 Å². The van der Waals surface area contributed by atoms with E-state index in [0.29, 0.717) is 13.0 Å². The van der Waals surface area contributed by atoms with Crippen molar-refractivity contribution in [2.75, 3.05) is 26.2 Å². The maximum atomic E-state index is 12.5. The van der Waals surface area contributed by atoms with Crippen LogP contribution in [0.4, 0.5) is 0 Å². The first-order valence-corrected chi connectivity index (χ1v) is 10.0. The standard InChI is InChI=1S/C19H24BrClN4O/c1-14-19(20)15(2)25(22-14)7-6-18(26)24-10-8-23(9-11-24)13-16-4-3-5-17(21)12-16/h3-5,12H,6-11,13H2,1-2H3. The summed E-state index contributed by atoms with van der Waals surface area (Å²) in [5.41, 5.74) is 3.25. The summed E-state index contributed by atoms with van der Waals surface area (Å²) in [6, 6.07) is 7.97. The van der Waals surface area contributed by atoms with Crippen LogP contribution >= 0.6 is 27.5 Å². The fourth-order valence-corrected chi connectivity index (χ4v) is 3.80. The van der Waals surface area contributed by atoms with Crippen molar-refractivity contribution in [1.82, 2.24) is 19.6 Å². The summed E-state index contributed by atoms with van der Waals surface area (Å²) >= 11 is 9.58. The second-order valence-corrected chi connectivity index (χ2v) is 7.97. The van der Waals surface area contributed by atoms with Crippen molar-refractivity contribution in [3.05, 3.63) is 50.7 Å². The summed E-state index contributed by atoms with van der Waals surface area (Å²) in [4.78, 5) is 16.9. The van der Waals surface area contributed by atoms with Crippen molar-refractivity contribution < 1.29 is 4.79 Å². The van der Waals surface area contributed by atoms with Gasteiger partial charge in [-0.2, -0.15) is 5.10 Å². The van der Waals surface area contributed by atoms with E-state index in [1.807, 2.05) is 41.6 Å². The average molecular weight is 440 g/mol. The summed E-state index contributed by atoms with van der Waals surface area (Å²) in [7, 11) is 0. The maximum Gasteiger partial charge on any atom is 0.224 e. The number of halogens is 2. The number of nitrogens with zero attached hydrogens (tertiary/aromatic N) is 4. The predicted octanol–water partition coefficient (Wildman–Crippen LogP) is 3.65. The molecule has 1 saturated heterocycles. The van der Waals surface area contributed by atoms with E-state index in [0.717, 1.165) is 53.6 Å². The number of aryl methyl sites for hydroxylation is 2. The molecule has 3 rings (SSSR count). The lowest BCUT2D eigenvalue weighted by Gasteiger charge is -2.34. The van der Waals surface area contributed by atoms with Crippen molar-refractivity contribution in [3.8, 4) is 0 Å². The molecule has 1 aromatic carbocycles. The number of aromatic nitrogens is 2. The van der Waals surface area contributed by atoms with Gasteiger partial charge in [0.1, 0.15) is 0 Å². The van der Waals surface area contributed by atoms with E-state index < -0.39 is 0 Å². The largest absolute Gasteiger partial charge is 0.340 e. The maximum absolute atomic E-state index is 12.5. The van der Waals surface area contributed by atoms with Gasteiger partial charge in [-0.3, -0.25) is 14.4 Å². The Morgan fingerprint density at radius 2 is 1.96 bits per heavy atom. The minimum atomic E-state index is 0.205. The zero-order valence-corrected chi connectivity index (χ0v) is 17.6. The Labute approximate surface area is 168 Å². The Hall–Kier alpha value is -1.37. The molecule has 0 unspecified atom stereocenters. The molecule has 5 nitrogen and oxygen atoms in total. The zero-order valence-electron chi connectivity index (χ0n) is 15.2. The number of hydrogen-bond acceptors (Lipinski definition) is 3. The van der Waals surface area contributed by atoms with Crippen LogP contribution in [0.25, 0.3) is 0 Å². The molecular weight excluding hydrogens is 416 g/mol. The van der Waals surface area contributed by atoms with Crippen molar-refractivity contribution in [2.24, 2.45) is 0 Å². The van der Waals surface area contributed by atoms with Crippen LogP contribution in [0.15, 0.2) is 28.7 Å². The van der Waals surface area contributed by atoms with Gasteiger partial charge in [0.15, 0.2) is 0 Å². The lowest BCUT2D eigenvalue weighted by molar-refractivity contribution is -0.133. The van der Waals surface area contributed by atoms with Gasteiger partial charge in [-0.1, -0.05) is 23.7 Å². The van der Waals surface area contributed by atoms with Gasteiger partial charge in [-0.25, -0.2) is 0 Å². The quantitative estimate of drug-likeness (QED) is 0.714. The highest BCUT2D eigenvalue weighted by Gasteiger charge is 2.21. The van der Waals surface area contributed by atoms with E-state index in [1.54, 1.807) is 0 Å². The highest BCUT2D eigenvalue weighted by molar-refractivity contribution is 9.10. The molecule has 26 heavy (non-hydrogen) atoms. The number of benzene rings is 1. The third kappa shape index (κ3) is 4.67. The first kappa shape index (κ1) is 19.4. The van der Waals surface area contributed by atoms with Gasteiger partial charge >= 0.3 is 0 Å². The van der Waals surface area contributed by atoms with Crippen LogP contribution in [0.2, 0.25) is 5.02 Å². The molecule has 0 bridgehead atoms. The van der Waals surface area contributed by atoms with Gasteiger partial charge in [-0.05, 0) is 47.5 Å². The van der Waals surface area contributed by atoms with Crippen molar-refractivity contribution in [2.45, 2.75) is 33.4 Å². The highest BCUT2D eigenvalue weighted by atomic mass is 79.9. The van der Waals surface area contributed by atoms with Crippen LogP contribution in [0.5, 0.6) is 0 Å². The van der Waals surface area contributed by atoms with Gasteiger partial charge in [-0.15, -0.1) is 0 Å². The van der Waals surface area contributed by atoms with Crippen molar-refractivity contribution in [1.29, 1.82) is 0 Å². The second-order valence-electron chi connectivity index (χ2n) is 6.74. The minimum absolute atomic E-state index is 0.205. The fraction of sp³-hybridized carbons (Fsp3) is 0.474. The van der Waals surface area contributed by atoms with Crippen LogP contribution in [0.3, 0.4) is 0 Å². The first-order chi connectivity index (χ1) is 12.4. The first-order valence-electron chi connectivity index (χ1n) is 8.88. The van der Waals surface area contributed by atoms with Crippen molar-refractivity contribution in [3.63, 3.8) is 0 Å². The monoisotopic (exact) mass is 438 g/mol. The van der Waals surface area contributed by atoms with E-state index in [-0.39, 0.29) is 5.91 Å². The van der Waals surface area contributed by atoms with E-state index in [1.165, 1.54) is 5.56 Å². The molecule has 1 amide bonds. The Kier molecular flexibility index (Phi) is 6.37. The van der Waals surface area contributed by atoms with Gasteiger partial charge < -0.3 is 4.90 Å². The molecule has 0 N–H and O–H groups in total. The summed E-state index contributed by atoms with van der Waals surface area (Å²) in [6.07, 6.45) is 0.489. The number of piperazine rings is 1. The lowest BCUT2D eigenvalue weighted by atomic mass is 10.2. The molecule has 1 aliphatic rings. The average Bonchev–Trinajstić information content (AvgIpc) is 2.87. The zero-order chi connectivity index (χ0) is 18.7. The molecule has 7 heteroatoms. The third-order valence-corrected chi connectivity index (χ3v) is 6.23. The third-order valence-electron chi connectivity index (χ3n) is 4.85. The lowest BCUT2D eigenvalue weighted by Crippen LogP contribution is -2.48. The highest BCUT2D eigenvalue weighted by Crippen LogP contribution is 2.20. The molecule has 1 aromatic heterocycles. The summed E-state index contributed by atoms with van der Waals surface area (Å²) in [5.74, 6) is 0.205. The Balaban J connectivity index is 1.46. The number of amides is 1. The van der Waals surface area contributed by atoms with Gasteiger partial charge in [0.25, 0.3) is 0 Å². The van der Waals surface area contributed by atoms with E-state index in [4.69, 9.17) is 11.6 Å². The smallest absolute Gasteiger partial charge is 0.224 e. The number of carbonyl (C=O) groups is 1. The van der Waals surface area contributed by atoms with Crippen LogP contribution in [0, 0.1) is 13.8 Å². The summed E-state index contributed by atoms with van der Waals surface area (Å²) < 4.78 is 2.94. The second kappa shape index (κ2) is 8.55. The van der Waals surface area contributed by atoms with Gasteiger partial charge in [0, 0.05) is 49.9 Å². The number of carbonyl (C=O) groups excluding carboxylic acids is 1. The molecule has 1 aliphatic heterocycles. The van der Waals surface area contributed by atoms with E-state index >= 15 is 0 Å². The molecule has 2 aromatic rings. The minimum Gasteiger partial charge on any atom is -0.340 e.